The first-order valence-electron chi connectivity index (χ1n) is 10.0. The van der Waals surface area contributed by atoms with Crippen LogP contribution in [0.25, 0.3) is 10.9 Å². The summed E-state index contributed by atoms with van der Waals surface area (Å²) >= 11 is 0. The summed E-state index contributed by atoms with van der Waals surface area (Å²) in [5.74, 6) is 0. The van der Waals surface area contributed by atoms with E-state index in [2.05, 4.69) is 53.8 Å². The van der Waals surface area contributed by atoms with Crippen molar-refractivity contribution >= 4 is 10.9 Å². The number of rotatable bonds is 3. The molecule has 2 aromatic heterocycles. The SMILES string of the molecule is CC(C)(C)c1ccc2c(c1)c1c(n2CCc2ccc(C(F)(F)F)nc2)CCNC1. The van der Waals surface area contributed by atoms with Crippen LogP contribution in [0.15, 0.2) is 36.5 Å². The summed E-state index contributed by atoms with van der Waals surface area (Å²) in [5, 5.41) is 4.75. The molecular weight excluding hydrogens is 375 g/mol. The van der Waals surface area contributed by atoms with Crippen LogP contribution < -0.4 is 5.32 Å². The Morgan fingerprint density at radius 1 is 1.10 bits per heavy atom. The number of benzene rings is 1. The Labute approximate surface area is 168 Å². The zero-order chi connectivity index (χ0) is 20.8. The lowest BCUT2D eigenvalue weighted by Gasteiger charge is -2.19. The molecule has 3 heterocycles. The third kappa shape index (κ3) is 3.90. The second-order valence-corrected chi connectivity index (χ2v) is 8.79. The van der Waals surface area contributed by atoms with E-state index in [1.54, 1.807) is 0 Å². The number of aryl methyl sites for hydroxylation is 2. The molecule has 1 aliphatic heterocycles. The van der Waals surface area contributed by atoms with E-state index < -0.39 is 11.9 Å². The normalized spacial score (nSPS) is 15.0. The number of hydrogen-bond acceptors (Lipinski definition) is 2. The van der Waals surface area contributed by atoms with E-state index in [1.807, 2.05) is 0 Å². The lowest BCUT2D eigenvalue weighted by atomic mass is 9.86. The Hall–Kier alpha value is -2.34. The standard InChI is InChI=1S/C23H26F3N3/c1-22(2,3)16-5-6-19-17(12-16)18-14-27-10-8-20(18)29(19)11-9-15-4-7-21(28-13-15)23(24,25)26/h4-7,12-13,27H,8-11,14H2,1-3H3. The molecule has 1 N–H and O–H groups in total. The molecule has 3 aromatic rings. The summed E-state index contributed by atoms with van der Waals surface area (Å²) in [4.78, 5) is 3.59. The molecule has 154 valence electrons. The van der Waals surface area contributed by atoms with Gasteiger partial charge in [-0.25, -0.2) is 0 Å². The highest BCUT2D eigenvalue weighted by molar-refractivity contribution is 5.86. The third-order valence-corrected chi connectivity index (χ3v) is 5.73. The van der Waals surface area contributed by atoms with E-state index in [-0.39, 0.29) is 5.41 Å². The van der Waals surface area contributed by atoms with E-state index in [4.69, 9.17) is 0 Å². The Balaban J connectivity index is 1.66. The summed E-state index contributed by atoms with van der Waals surface area (Å²) in [6, 6.07) is 9.29. The van der Waals surface area contributed by atoms with Crippen molar-refractivity contribution in [2.45, 2.75) is 58.3 Å². The molecular formula is C23H26F3N3. The van der Waals surface area contributed by atoms with Gasteiger partial charge in [0.05, 0.1) is 0 Å². The lowest BCUT2D eigenvalue weighted by Crippen LogP contribution is -2.25. The zero-order valence-corrected chi connectivity index (χ0v) is 17.0. The van der Waals surface area contributed by atoms with Crippen molar-refractivity contribution in [3.63, 3.8) is 0 Å². The van der Waals surface area contributed by atoms with E-state index in [9.17, 15) is 13.2 Å². The van der Waals surface area contributed by atoms with Gasteiger partial charge in [0.2, 0.25) is 0 Å². The minimum atomic E-state index is -4.40. The van der Waals surface area contributed by atoms with Crippen molar-refractivity contribution in [1.29, 1.82) is 0 Å². The molecule has 0 bridgehead atoms. The van der Waals surface area contributed by atoms with Gasteiger partial charge < -0.3 is 9.88 Å². The molecule has 0 spiro atoms. The summed E-state index contributed by atoms with van der Waals surface area (Å²) in [6.07, 6.45) is -1.44. The number of hydrogen-bond donors (Lipinski definition) is 1. The van der Waals surface area contributed by atoms with E-state index in [0.717, 1.165) is 37.7 Å². The first kappa shape index (κ1) is 20.0. The number of aromatic nitrogens is 2. The van der Waals surface area contributed by atoms with Crippen LogP contribution >= 0.6 is 0 Å². The highest BCUT2D eigenvalue weighted by Gasteiger charge is 2.32. The van der Waals surface area contributed by atoms with Gasteiger partial charge in [-0.15, -0.1) is 0 Å². The van der Waals surface area contributed by atoms with Gasteiger partial charge in [0, 0.05) is 48.8 Å². The Kier molecular flexibility index (Phi) is 4.93. The average Bonchev–Trinajstić information content (AvgIpc) is 2.98. The topological polar surface area (TPSA) is 29.9 Å². The van der Waals surface area contributed by atoms with Gasteiger partial charge in [0.1, 0.15) is 5.69 Å². The fraction of sp³-hybridized carbons (Fsp3) is 0.435. The highest BCUT2D eigenvalue weighted by Crippen LogP contribution is 2.33. The number of pyridine rings is 1. The number of halogens is 3. The van der Waals surface area contributed by atoms with Crippen LogP contribution in [0, 0.1) is 0 Å². The molecule has 6 heteroatoms. The largest absolute Gasteiger partial charge is 0.433 e. The van der Waals surface area contributed by atoms with Gasteiger partial charge in [0.15, 0.2) is 0 Å². The molecule has 0 saturated carbocycles. The minimum Gasteiger partial charge on any atom is -0.344 e. The maximum Gasteiger partial charge on any atom is 0.433 e. The molecule has 1 aromatic carbocycles. The Bertz CT molecular complexity index is 1020. The summed E-state index contributed by atoms with van der Waals surface area (Å²) in [7, 11) is 0. The lowest BCUT2D eigenvalue weighted by molar-refractivity contribution is -0.141. The fourth-order valence-electron chi connectivity index (χ4n) is 4.08. The fourth-order valence-corrected chi connectivity index (χ4v) is 4.08. The van der Waals surface area contributed by atoms with Crippen LogP contribution in [0.5, 0.6) is 0 Å². The van der Waals surface area contributed by atoms with Crippen LogP contribution in [-0.4, -0.2) is 16.1 Å². The monoisotopic (exact) mass is 401 g/mol. The zero-order valence-electron chi connectivity index (χ0n) is 17.0. The van der Waals surface area contributed by atoms with Crippen molar-refractivity contribution < 1.29 is 13.2 Å². The molecule has 0 aliphatic carbocycles. The number of nitrogens with one attached hydrogen (secondary N) is 1. The Morgan fingerprint density at radius 2 is 1.90 bits per heavy atom. The van der Waals surface area contributed by atoms with Gasteiger partial charge in [-0.05, 0) is 46.7 Å². The van der Waals surface area contributed by atoms with Crippen molar-refractivity contribution in [3.8, 4) is 0 Å². The highest BCUT2D eigenvalue weighted by atomic mass is 19.4. The maximum atomic E-state index is 12.7. The third-order valence-electron chi connectivity index (χ3n) is 5.73. The second-order valence-electron chi connectivity index (χ2n) is 8.79. The van der Waals surface area contributed by atoms with Crippen molar-refractivity contribution in [1.82, 2.24) is 14.9 Å². The number of nitrogens with zero attached hydrogens (tertiary/aromatic N) is 2. The molecule has 0 amide bonds. The maximum absolute atomic E-state index is 12.7. The van der Waals surface area contributed by atoms with Crippen LogP contribution in [0.3, 0.4) is 0 Å². The molecule has 0 radical (unpaired) electrons. The van der Waals surface area contributed by atoms with Gasteiger partial charge in [0.25, 0.3) is 0 Å². The Morgan fingerprint density at radius 3 is 2.55 bits per heavy atom. The predicted molar refractivity (Wildman–Crippen MR) is 109 cm³/mol. The molecule has 0 saturated heterocycles. The van der Waals surface area contributed by atoms with Gasteiger partial charge in [-0.1, -0.05) is 32.9 Å². The summed E-state index contributed by atoms with van der Waals surface area (Å²) in [6.45, 7) is 9.17. The summed E-state index contributed by atoms with van der Waals surface area (Å²) in [5.41, 5.74) is 5.25. The van der Waals surface area contributed by atoms with Crippen molar-refractivity contribution in [3.05, 3.63) is 64.6 Å². The second kappa shape index (κ2) is 7.17. The van der Waals surface area contributed by atoms with Gasteiger partial charge in [-0.2, -0.15) is 13.2 Å². The molecule has 0 unspecified atom stereocenters. The molecule has 1 aliphatic rings. The van der Waals surface area contributed by atoms with Crippen LogP contribution in [0.1, 0.15) is 48.8 Å². The molecule has 0 fully saturated rings. The van der Waals surface area contributed by atoms with E-state index in [0.29, 0.717) is 6.42 Å². The number of fused-ring (bicyclic) bond motifs is 3. The number of alkyl halides is 3. The van der Waals surface area contributed by atoms with Crippen LogP contribution in [0.4, 0.5) is 13.2 Å². The van der Waals surface area contributed by atoms with Crippen LogP contribution in [-0.2, 0) is 37.5 Å². The molecule has 29 heavy (non-hydrogen) atoms. The average molecular weight is 401 g/mol. The molecule has 0 atom stereocenters. The van der Waals surface area contributed by atoms with E-state index in [1.165, 1.54) is 40.0 Å². The first-order chi connectivity index (χ1) is 13.6. The van der Waals surface area contributed by atoms with Gasteiger partial charge >= 0.3 is 6.18 Å². The van der Waals surface area contributed by atoms with Crippen molar-refractivity contribution in [2.75, 3.05) is 6.54 Å². The van der Waals surface area contributed by atoms with Crippen molar-refractivity contribution in [2.24, 2.45) is 0 Å². The molecule has 3 nitrogen and oxygen atoms in total. The quantitative estimate of drug-likeness (QED) is 0.650. The minimum absolute atomic E-state index is 0.0805. The smallest absolute Gasteiger partial charge is 0.344 e. The molecule has 4 rings (SSSR count). The van der Waals surface area contributed by atoms with Gasteiger partial charge in [-0.3, -0.25) is 4.98 Å². The first-order valence-corrected chi connectivity index (χ1v) is 10.0. The van der Waals surface area contributed by atoms with Crippen LogP contribution in [0.2, 0.25) is 0 Å². The summed E-state index contributed by atoms with van der Waals surface area (Å²) < 4.78 is 40.5. The van der Waals surface area contributed by atoms with E-state index >= 15 is 0 Å². The predicted octanol–water partition coefficient (Wildman–Crippen LogP) is 5.24.